The lowest BCUT2D eigenvalue weighted by atomic mass is 10.0. The van der Waals surface area contributed by atoms with Gasteiger partial charge in [-0.25, -0.2) is 8.42 Å². The Labute approximate surface area is 250 Å². The number of hydrogen-bond acceptors (Lipinski definition) is 8. The molecule has 2 amide bonds. The van der Waals surface area contributed by atoms with Crippen LogP contribution >= 0.6 is 0 Å². The zero-order valence-electron chi connectivity index (χ0n) is 23.7. The van der Waals surface area contributed by atoms with E-state index in [4.69, 9.17) is 5.11 Å². The highest BCUT2D eigenvalue weighted by atomic mass is 32.2. The van der Waals surface area contributed by atoms with E-state index in [1.54, 1.807) is 0 Å². The molecule has 44 heavy (non-hydrogen) atoms. The fourth-order valence-electron chi connectivity index (χ4n) is 4.54. The number of alkyl halides is 3. The number of hydrogen-bond donors (Lipinski definition) is 2. The van der Waals surface area contributed by atoms with Crippen molar-refractivity contribution < 1.29 is 41.1 Å². The second-order valence-electron chi connectivity index (χ2n) is 10.4. The molecule has 17 heteroatoms. The normalized spacial score (nSPS) is 16.2. The molecule has 4 rings (SSSR count). The summed E-state index contributed by atoms with van der Waals surface area (Å²) in [7, 11) is -4.46. The molecule has 1 aromatic heterocycles. The summed E-state index contributed by atoms with van der Waals surface area (Å²) in [5.41, 5.74) is 0.809. The molecular weight excluding hydrogens is 607 g/mol. The van der Waals surface area contributed by atoms with Gasteiger partial charge in [0.15, 0.2) is 5.82 Å². The lowest BCUT2D eigenvalue weighted by Gasteiger charge is -2.39. The summed E-state index contributed by atoms with van der Waals surface area (Å²) in [6.07, 6.45) is -5.17. The van der Waals surface area contributed by atoms with E-state index in [1.165, 1.54) is 4.90 Å². The van der Waals surface area contributed by atoms with Gasteiger partial charge in [0.25, 0.3) is 0 Å². The van der Waals surface area contributed by atoms with E-state index in [9.17, 15) is 36.0 Å². The van der Waals surface area contributed by atoms with Crippen LogP contribution in [0.3, 0.4) is 0 Å². The number of aliphatic carboxylic acids is 1. The Hall–Kier alpha value is -4.38. The fraction of sp³-hybridized carbons (Fsp3) is 0.407. The molecule has 3 aromatic rings. The number of carboxylic acid groups (broad SMARTS) is 1. The van der Waals surface area contributed by atoms with Crippen LogP contribution in [0.4, 0.5) is 13.2 Å². The van der Waals surface area contributed by atoms with Crippen molar-refractivity contribution >= 4 is 27.8 Å². The van der Waals surface area contributed by atoms with E-state index in [0.29, 0.717) is 18.1 Å². The third kappa shape index (κ3) is 7.76. The summed E-state index contributed by atoms with van der Waals surface area (Å²) in [6.45, 7) is 2.84. The molecule has 1 unspecified atom stereocenters. The number of aromatic nitrogens is 4. The summed E-state index contributed by atoms with van der Waals surface area (Å²) >= 11 is 0. The maximum absolute atomic E-state index is 13.6. The van der Waals surface area contributed by atoms with Gasteiger partial charge >= 0.3 is 12.1 Å². The van der Waals surface area contributed by atoms with Gasteiger partial charge in [0.1, 0.15) is 19.0 Å². The highest BCUT2D eigenvalue weighted by Gasteiger charge is 2.42. The molecule has 1 aliphatic heterocycles. The maximum atomic E-state index is 13.6. The average molecular weight is 638 g/mol. The molecule has 1 aliphatic rings. The first kappa shape index (κ1) is 32.5. The van der Waals surface area contributed by atoms with Crippen LogP contribution in [0.15, 0.2) is 53.4 Å². The summed E-state index contributed by atoms with van der Waals surface area (Å²) in [6, 6.07) is 9.00. The van der Waals surface area contributed by atoms with E-state index in [0.717, 1.165) is 32.4 Å². The Morgan fingerprint density at radius 2 is 1.70 bits per heavy atom. The van der Waals surface area contributed by atoms with Crippen LogP contribution in [-0.4, -0.2) is 86.4 Å². The number of carbonyl (C=O) groups is 3. The van der Waals surface area contributed by atoms with Crippen molar-refractivity contribution in [1.29, 1.82) is 0 Å². The van der Waals surface area contributed by atoms with Gasteiger partial charge in [-0.1, -0.05) is 38.1 Å². The highest BCUT2D eigenvalue weighted by molar-refractivity contribution is 7.89. The Bertz CT molecular complexity index is 1610. The highest BCUT2D eigenvalue weighted by Crippen LogP contribution is 2.31. The minimum Gasteiger partial charge on any atom is -0.481 e. The van der Waals surface area contributed by atoms with Gasteiger partial charge < -0.3 is 15.3 Å². The molecule has 2 heterocycles. The van der Waals surface area contributed by atoms with Crippen LogP contribution < -0.4 is 5.32 Å². The number of sulfonamides is 1. The van der Waals surface area contributed by atoms with Gasteiger partial charge in [0.05, 0.1) is 10.5 Å². The Balaban J connectivity index is 1.55. The second kappa shape index (κ2) is 13.1. The van der Waals surface area contributed by atoms with Gasteiger partial charge in [-0.15, -0.1) is 10.2 Å². The smallest absolute Gasteiger partial charge is 0.416 e. The van der Waals surface area contributed by atoms with Crippen molar-refractivity contribution in [1.82, 2.24) is 34.7 Å². The summed E-state index contributed by atoms with van der Waals surface area (Å²) in [5.74, 6) is -2.31. The Morgan fingerprint density at radius 3 is 2.30 bits per heavy atom. The summed E-state index contributed by atoms with van der Waals surface area (Å²) in [4.78, 5) is 39.1. The predicted octanol–water partition coefficient (Wildman–Crippen LogP) is 1.66. The van der Waals surface area contributed by atoms with Crippen LogP contribution in [0.2, 0.25) is 0 Å². The average Bonchev–Trinajstić information content (AvgIpc) is 3.41. The topological polar surface area (TPSA) is 168 Å². The van der Waals surface area contributed by atoms with Crippen LogP contribution in [0.1, 0.15) is 42.3 Å². The second-order valence-corrected chi connectivity index (χ2v) is 12.3. The molecule has 1 fully saturated rings. The molecule has 236 valence electrons. The van der Waals surface area contributed by atoms with Crippen LogP contribution in [0.25, 0.3) is 0 Å². The molecular formula is C27H30F3N7O6S. The van der Waals surface area contributed by atoms with Crippen molar-refractivity contribution in [3.05, 3.63) is 71.0 Å². The molecule has 0 spiro atoms. The minimum atomic E-state index is -4.67. The van der Waals surface area contributed by atoms with Gasteiger partial charge in [-0.2, -0.15) is 22.3 Å². The number of amides is 2. The number of halogens is 3. The van der Waals surface area contributed by atoms with Crippen molar-refractivity contribution in [2.75, 3.05) is 19.6 Å². The number of nitrogens with zero attached hydrogens (tertiary/aromatic N) is 6. The zero-order valence-corrected chi connectivity index (χ0v) is 24.5. The first-order valence-electron chi connectivity index (χ1n) is 13.5. The van der Waals surface area contributed by atoms with Crippen molar-refractivity contribution in [2.24, 2.45) is 0 Å². The third-order valence-electron chi connectivity index (χ3n) is 6.97. The van der Waals surface area contributed by atoms with E-state index < -0.39 is 63.4 Å². The van der Waals surface area contributed by atoms with E-state index in [1.807, 2.05) is 38.1 Å². The summed E-state index contributed by atoms with van der Waals surface area (Å²) in [5, 5.41) is 22.7. The standard InChI is InChI=1S/C27H30F3N7O6S/c1-17(2)19-5-3-18(4-6-19)14-31-26(41)22-15-35(24(38)16-37-33-23(32-34-37)13-25(39)40)11-12-36(22)44(42,43)21-9-7-20(8-10-21)27(28,29)30/h3-10,17,22H,11-16H2,1-2H3,(H,31,41)(H,39,40). The molecule has 0 bridgehead atoms. The van der Waals surface area contributed by atoms with E-state index in [2.05, 4.69) is 20.7 Å². The molecule has 1 saturated heterocycles. The monoisotopic (exact) mass is 637 g/mol. The molecule has 0 saturated carbocycles. The first-order chi connectivity index (χ1) is 20.6. The Morgan fingerprint density at radius 1 is 1.05 bits per heavy atom. The predicted molar refractivity (Wildman–Crippen MR) is 147 cm³/mol. The number of carbonyl (C=O) groups excluding carboxylic acids is 2. The van der Waals surface area contributed by atoms with Gasteiger partial charge in [-0.3, -0.25) is 14.4 Å². The Kier molecular flexibility index (Phi) is 9.68. The van der Waals surface area contributed by atoms with Crippen LogP contribution in [0, 0.1) is 0 Å². The fourth-order valence-corrected chi connectivity index (χ4v) is 6.11. The molecule has 1 atom stereocenters. The number of carboxylic acids is 1. The first-order valence-corrected chi connectivity index (χ1v) is 14.9. The molecule has 0 aliphatic carbocycles. The third-order valence-corrected chi connectivity index (χ3v) is 8.89. The SMILES string of the molecule is CC(C)c1ccc(CNC(=O)C2CN(C(=O)Cn3nnc(CC(=O)O)n3)CCN2S(=O)(=O)c2ccc(C(F)(F)F)cc2)cc1. The molecule has 2 N–H and O–H groups in total. The quantitative estimate of drug-likeness (QED) is 0.336. The van der Waals surface area contributed by atoms with Crippen LogP contribution in [-0.2, 0) is 50.1 Å². The number of piperazine rings is 1. The van der Waals surface area contributed by atoms with Gasteiger partial charge in [0, 0.05) is 26.2 Å². The maximum Gasteiger partial charge on any atom is 0.416 e. The molecule has 0 radical (unpaired) electrons. The number of nitrogens with one attached hydrogen (secondary N) is 1. The van der Waals surface area contributed by atoms with Crippen molar-refractivity contribution in [3.8, 4) is 0 Å². The molecule has 13 nitrogen and oxygen atoms in total. The van der Waals surface area contributed by atoms with Crippen molar-refractivity contribution in [2.45, 2.75) is 56.4 Å². The summed E-state index contributed by atoms with van der Waals surface area (Å²) < 4.78 is 67.2. The molecule has 2 aromatic carbocycles. The van der Waals surface area contributed by atoms with Crippen molar-refractivity contribution in [3.63, 3.8) is 0 Å². The number of rotatable bonds is 10. The largest absolute Gasteiger partial charge is 0.481 e. The number of benzene rings is 2. The van der Waals surface area contributed by atoms with Crippen LogP contribution in [0.5, 0.6) is 0 Å². The zero-order chi connectivity index (χ0) is 32.2. The number of tetrazole rings is 1. The lowest BCUT2D eigenvalue weighted by molar-refractivity contribution is -0.138. The van der Waals surface area contributed by atoms with E-state index >= 15 is 0 Å². The van der Waals surface area contributed by atoms with Gasteiger partial charge in [0.2, 0.25) is 21.8 Å². The lowest BCUT2D eigenvalue weighted by Crippen LogP contribution is -2.61. The van der Waals surface area contributed by atoms with Gasteiger partial charge in [-0.05, 0) is 46.5 Å². The van der Waals surface area contributed by atoms with E-state index in [-0.39, 0.29) is 32.0 Å². The minimum absolute atomic E-state index is 0.0606.